The Morgan fingerprint density at radius 3 is 2.89 bits per heavy atom. The molecule has 1 rings (SSSR count). The first-order valence-electron chi connectivity index (χ1n) is 3.00. The van der Waals surface area contributed by atoms with Gasteiger partial charge >= 0.3 is 0 Å². The standard InChI is InChI=1S/C7H9NO/c1-2-6-5-8-4-3-7(6)9/h3-5H,2H2,1H3,(H,8,9). The number of hydrogen-bond acceptors (Lipinski definition) is 1. The molecule has 2 heteroatoms. The Labute approximate surface area is 53.5 Å². The third-order valence-corrected chi connectivity index (χ3v) is 1.29. The van der Waals surface area contributed by atoms with Crippen molar-refractivity contribution in [2.75, 3.05) is 0 Å². The van der Waals surface area contributed by atoms with Gasteiger partial charge in [0, 0.05) is 24.0 Å². The summed E-state index contributed by atoms with van der Waals surface area (Å²) < 4.78 is 0. The van der Waals surface area contributed by atoms with E-state index in [1.165, 1.54) is 0 Å². The molecule has 0 fully saturated rings. The molecule has 0 amide bonds. The summed E-state index contributed by atoms with van der Waals surface area (Å²) in [5, 5.41) is 0. The normalized spacial score (nSPS) is 9.44. The second-order valence-electron chi connectivity index (χ2n) is 1.89. The molecule has 2 nitrogen and oxygen atoms in total. The number of H-pyrrole nitrogens is 1. The molecule has 0 atom stereocenters. The van der Waals surface area contributed by atoms with Crippen LogP contribution in [0.1, 0.15) is 12.5 Å². The second kappa shape index (κ2) is 2.49. The van der Waals surface area contributed by atoms with E-state index in [9.17, 15) is 4.79 Å². The number of aryl methyl sites for hydroxylation is 1. The van der Waals surface area contributed by atoms with Gasteiger partial charge in [-0.1, -0.05) is 6.92 Å². The van der Waals surface area contributed by atoms with E-state index in [0.29, 0.717) is 0 Å². The lowest BCUT2D eigenvalue weighted by molar-refractivity contribution is 1.08. The van der Waals surface area contributed by atoms with Crippen molar-refractivity contribution < 1.29 is 0 Å². The fourth-order valence-corrected chi connectivity index (χ4v) is 0.727. The molecule has 0 unspecified atom stereocenters. The molecule has 48 valence electrons. The molecule has 0 spiro atoms. The monoisotopic (exact) mass is 123 g/mol. The minimum absolute atomic E-state index is 0.122. The van der Waals surface area contributed by atoms with Gasteiger partial charge in [-0.05, 0) is 6.42 Å². The van der Waals surface area contributed by atoms with E-state index in [4.69, 9.17) is 0 Å². The van der Waals surface area contributed by atoms with Crippen LogP contribution in [0.15, 0.2) is 23.3 Å². The van der Waals surface area contributed by atoms with E-state index >= 15 is 0 Å². The Hall–Kier alpha value is -1.05. The molecule has 9 heavy (non-hydrogen) atoms. The van der Waals surface area contributed by atoms with Crippen molar-refractivity contribution >= 4 is 0 Å². The van der Waals surface area contributed by atoms with Crippen LogP contribution in [-0.2, 0) is 6.42 Å². The summed E-state index contributed by atoms with van der Waals surface area (Å²) in [6.45, 7) is 1.96. The number of pyridine rings is 1. The van der Waals surface area contributed by atoms with Crippen LogP contribution >= 0.6 is 0 Å². The maximum atomic E-state index is 10.8. The summed E-state index contributed by atoms with van der Waals surface area (Å²) in [6, 6.07) is 1.54. The van der Waals surface area contributed by atoms with Crippen LogP contribution in [0, 0.1) is 0 Å². The van der Waals surface area contributed by atoms with Crippen molar-refractivity contribution in [3.63, 3.8) is 0 Å². The molecule has 0 saturated heterocycles. The SMILES string of the molecule is CCc1c[nH]ccc1=O. The van der Waals surface area contributed by atoms with Crippen molar-refractivity contribution in [2.24, 2.45) is 0 Å². The highest BCUT2D eigenvalue weighted by atomic mass is 16.1. The summed E-state index contributed by atoms with van der Waals surface area (Å²) in [7, 11) is 0. The molecule has 1 N–H and O–H groups in total. The number of aromatic nitrogens is 1. The van der Waals surface area contributed by atoms with Gasteiger partial charge in [-0.2, -0.15) is 0 Å². The first-order valence-corrected chi connectivity index (χ1v) is 3.00. The third kappa shape index (κ3) is 1.19. The lowest BCUT2D eigenvalue weighted by Gasteiger charge is -1.89. The Kier molecular flexibility index (Phi) is 1.68. The van der Waals surface area contributed by atoms with Gasteiger partial charge in [0.05, 0.1) is 0 Å². The van der Waals surface area contributed by atoms with Gasteiger partial charge in [-0.25, -0.2) is 0 Å². The van der Waals surface area contributed by atoms with Gasteiger partial charge < -0.3 is 4.98 Å². The van der Waals surface area contributed by atoms with Crippen molar-refractivity contribution in [3.8, 4) is 0 Å². The Morgan fingerprint density at radius 2 is 2.44 bits per heavy atom. The quantitative estimate of drug-likeness (QED) is 0.592. The van der Waals surface area contributed by atoms with Gasteiger partial charge in [0.25, 0.3) is 0 Å². The van der Waals surface area contributed by atoms with Gasteiger partial charge in [-0.3, -0.25) is 4.79 Å². The molecule has 1 aromatic heterocycles. The molecule has 1 aromatic rings. The number of nitrogens with one attached hydrogen (secondary N) is 1. The highest BCUT2D eigenvalue weighted by Crippen LogP contribution is 1.86. The maximum absolute atomic E-state index is 10.8. The van der Waals surface area contributed by atoms with E-state index in [2.05, 4.69) is 4.98 Å². The van der Waals surface area contributed by atoms with Crippen molar-refractivity contribution in [1.82, 2.24) is 4.98 Å². The molecule has 1 heterocycles. The topological polar surface area (TPSA) is 32.9 Å². The van der Waals surface area contributed by atoms with Gasteiger partial charge in [0.1, 0.15) is 0 Å². The molecule has 0 radical (unpaired) electrons. The summed E-state index contributed by atoms with van der Waals surface area (Å²) in [6.07, 6.45) is 4.18. The minimum Gasteiger partial charge on any atom is -0.367 e. The van der Waals surface area contributed by atoms with E-state index in [0.717, 1.165) is 12.0 Å². The fourth-order valence-electron chi connectivity index (χ4n) is 0.727. The Bertz CT molecular complexity index is 239. The highest BCUT2D eigenvalue weighted by molar-refractivity contribution is 5.08. The van der Waals surface area contributed by atoms with E-state index in [-0.39, 0.29) is 5.43 Å². The summed E-state index contributed by atoms with van der Waals surface area (Å²) in [5.74, 6) is 0. The average Bonchev–Trinajstić information content (AvgIpc) is 1.89. The number of hydrogen-bond donors (Lipinski definition) is 1. The fraction of sp³-hybridized carbons (Fsp3) is 0.286. The van der Waals surface area contributed by atoms with Gasteiger partial charge in [0.15, 0.2) is 5.43 Å². The molecule has 0 aromatic carbocycles. The first kappa shape index (κ1) is 6.08. The molecule has 0 aliphatic carbocycles. The Morgan fingerprint density at radius 1 is 1.67 bits per heavy atom. The summed E-state index contributed by atoms with van der Waals surface area (Å²) >= 11 is 0. The third-order valence-electron chi connectivity index (χ3n) is 1.29. The second-order valence-corrected chi connectivity index (χ2v) is 1.89. The first-order chi connectivity index (χ1) is 4.34. The largest absolute Gasteiger partial charge is 0.367 e. The predicted octanol–water partition coefficient (Wildman–Crippen LogP) is 0.937. The van der Waals surface area contributed by atoms with Gasteiger partial charge in [0.2, 0.25) is 0 Å². The van der Waals surface area contributed by atoms with Gasteiger partial charge in [-0.15, -0.1) is 0 Å². The molecule has 0 aliphatic heterocycles. The van der Waals surface area contributed by atoms with Crippen LogP contribution in [0.2, 0.25) is 0 Å². The van der Waals surface area contributed by atoms with Crippen LogP contribution < -0.4 is 5.43 Å². The molecule has 0 bridgehead atoms. The molecular formula is C7H9NO. The minimum atomic E-state index is 0.122. The van der Waals surface area contributed by atoms with Crippen molar-refractivity contribution in [3.05, 3.63) is 34.2 Å². The zero-order valence-electron chi connectivity index (χ0n) is 5.35. The molecular weight excluding hydrogens is 114 g/mol. The lowest BCUT2D eigenvalue weighted by Crippen LogP contribution is -2.04. The van der Waals surface area contributed by atoms with E-state index in [1.807, 2.05) is 6.92 Å². The summed E-state index contributed by atoms with van der Waals surface area (Å²) in [5.41, 5.74) is 0.966. The highest BCUT2D eigenvalue weighted by Gasteiger charge is 1.90. The van der Waals surface area contributed by atoms with E-state index < -0.39 is 0 Å². The summed E-state index contributed by atoms with van der Waals surface area (Å²) in [4.78, 5) is 13.7. The smallest absolute Gasteiger partial charge is 0.184 e. The van der Waals surface area contributed by atoms with Crippen LogP contribution in [0.4, 0.5) is 0 Å². The van der Waals surface area contributed by atoms with Crippen molar-refractivity contribution in [2.45, 2.75) is 13.3 Å². The van der Waals surface area contributed by atoms with E-state index in [1.54, 1.807) is 18.5 Å². The predicted molar refractivity (Wildman–Crippen MR) is 36.4 cm³/mol. The van der Waals surface area contributed by atoms with Crippen LogP contribution in [0.25, 0.3) is 0 Å². The molecule has 0 aliphatic rings. The zero-order chi connectivity index (χ0) is 6.69. The van der Waals surface area contributed by atoms with Crippen LogP contribution in [0.5, 0.6) is 0 Å². The van der Waals surface area contributed by atoms with Crippen molar-refractivity contribution in [1.29, 1.82) is 0 Å². The molecule has 0 saturated carbocycles. The number of rotatable bonds is 1. The maximum Gasteiger partial charge on any atom is 0.184 e. The lowest BCUT2D eigenvalue weighted by atomic mass is 10.2. The Balaban J connectivity index is 3.16. The van der Waals surface area contributed by atoms with Crippen LogP contribution in [0.3, 0.4) is 0 Å². The average molecular weight is 123 g/mol. The van der Waals surface area contributed by atoms with Crippen LogP contribution in [-0.4, -0.2) is 4.98 Å². The zero-order valence-corrected chi connectivity index (χ0v) is 5.35. The number of aromatic amines is 1.